The first-order valence-corrected chi connectivity index (χ1v) is 6.96. The van der Waals surface area contributed by atoms with Gasteiger partial charge >= 0.3 is 0 Å². The van der Waals surface area contributed by atoms with Crippen LogP contribution < -0.4 is 5.73 Å². The first kappa shape index (κ1) is 11.5. The van der Waals surface area contributed by atoms with Crippen LogP contribution in [0.1, 0.15) is 32.1 Å². The predicted octanol–water partition coefficient (Wildman–Crippen LogP) is 0.873. The van der Waals surface area contributed by atoms with E-state index in [0.717, 1.165) is 12.5 Å². The van der Waals surface area contributed by atoms with Gasteiger partial charge in [-0.2, -0.15) is 0 Å². The maximum atomic E-state index is 7.45. The van der Waals surface area contributed by atoms with Crippen molar-refractivity contribution >= 4 is 5.84 Å². The van der Waals surface area contributed by atoms with Crippen LogP contribution in [0.4, 0.5) is 0 Å². The van der Waals surface area contributed by atoms with Crippen LogP contribution in [0, 0.1) is 10.8 Å². The van der Waals surface area contributed by atoms with Crippen molar-refractivity contribution in [2.45, 2.75) is 38.1 Å². The van der Waals surface area contributed by atoms with Gasteiger partial charge < -0.3 is 10.6 Å². The lowest BCUT2D eigenvalue weighted by Gasteiger charge is -2.36. The van der Waals surface area contributed by atoms with E-state index in [1.54, 1.807) is 0 Å². The van der Waals surface area contributed by atoms with Crippen LogP contribution in [0.3, 0.4) is 0 Å². The third-order valence-corrected chi connectivity index (χ3v) is 4.55. The number of amidine groups is 1. The summed E-state index contributed by atoms with van der Waals surface area (Å²) in [6.07, 6.45) is 6.21. The molecule has 3 N–H and O–H groups in total. The minimum atomic E-state index is 0.374. The maximum absolute atomic E-state index is 7.45. The molecule has 2 saturated carbocycles. The molecule has 1 aliphatic heterocycles. The molecular weight excluding hydrogens is 212 g/mol. The lowest BCUT2D eigenvalue weighted by Crippen LogP contribution is -2.48. The highest BCUT2D eigenvalue weighted by Crippen LogP contribution is 2.49. The average Bonchev–Trinajstić information content (AvgIpc) is 3.14. The van der Waals surface area contributed by atoms with Crippen LogP contribution in [0.2, 0.25) is 0 Å². The summed E-state index contributed by atoms with van der Waals surface area (Å²) in [6, 6.07) is 0.921. The Morgan fingerprint density at radius 2 is 1.82 bits per heavy atom. The summed E-state index contributed by atoms with van der Waals surface area (Å²) in [6.45, 7) is 6.11. The molecule has 0 aromatic heterocycles. The molecular formula is C13H24N4. The molecule has 4 heteroatoms. The van der Waals surface area contributed by atoms with Crippen LogP contribution in [0.25, 0.3) is 0 Å². The monoisotopic (exact) mass is 236 g/mol. The van der Waals surface area contributed by atoms with Gasteiger partial charge in [0, 0.05) is 45.2 Å². The van der Waals surface area contributed by atoms with Crippen LogP contribution in [-0.2, 0) is 0 Å². The molecule has 0 spiro atoms. The van der Waals surface area contributed by atoms with Crippen molar-refractivity contribution in [2.75, 3.05) is 32.7 Å². The summed E-state index contributed by atoms with van der Waals surface area (Å²) in [5, 5.41) is 7.45. The Hall–Kier alpha value is -0.610. The smallest absolute Gasteiger partial charge is 0.0911 e. The molecule has 0 unspecified atom stereocenters. The van der Waals surface area contributed by atoms with E-state index in [-0.39, 0.29) is 0 Å². The van der Waals surface area contributed by atoms with Crippen molar-refractivity contribution in [1.29, 1.82) is 5.41 Å². The van der Waals surface area contributed by atoms with Gasteiger partial charge in [0.15, 0.2) is 0 Å². The Morgan fingerprint density at radius 3 is 2.29 bits per heavy atom. The van der Waals surface area contributed by atoms with Crippen molar-refractivity contribution in [2.24, 2.45) is 11.1 Å². The van der Waals surface area contributed by atoms with Crippen molar-refractivity contribution in [3.8, 4) is 0 Å². The Bertz CT molecular complexity index is 299. The van der Waals surface area contributed by atoms with Gasteiger partial charge in [0.1, 0.15) is 0 Å². The van der Waals surface area contributed by atoms with Gasteiger partial charge in [-0.15, -0.1) is 0 Å². The van der Waals surface area contributed by atoms with Crippen LogP contribution in [-0.4, -0.2) is 54.4 Å². The first-order chi connectivity index (χ1) is 8.17. The van der Waals surface area contributed by atoms with Crippen molar-refractivity contribution in [3.63, 3.8) is 0 Å². The molecule has 0 aromatic rings. The first-order valence-electron chi connectivity index (χ1n) is 6.96. The highest BCUT2D eigenvalue weighted by molar-refractivity contribution is 5.78. The van der Waals surface area contributed by atoms with E-state index in [0.29, 0.717) is 11.3 Å². The third-order valence-electron chi connectivity index (χ3n) is 4.55. The molecule has 1 heterocycles. The topological polar surface area (TPSA) is 56.4 Å². The zero-order valence-electron chi connectivity index (χ0n) is 10.6. The molecule has 3 aliphatic rings. The Labute approximate surface area is 104 Å². The zero-order valence-corrected chi connectivity index (χ0v) is 10.6. The van der Waals surface area contributed by atoms with E-state index in [2.05, 4.69) is 9.80 Å². The van der Waals surface area contributed by atoms with Gasteiger partial charge in [0.25, 0.3) is 0 Å². The molecule has 96 valence electrons. The largest absolute Gasteiger partial charge is 0.388 e. The molecule has 4 nitrogen and oxygen atoms in total. The van der Waals surface area contributed by atoms with E-state index >= 15 is 0 Å². The predicted molar refractivity (Wildman–Crippen MR) is 69.2 cm³/mol. The normalized spacial score (nSPS) is 29.2. The fourth-order valence-corrected chi connectivity index (χ4v) is 3.17. The lowest BCUT2D eigenvalue weighted by atomic mass is 10.0. The van der Waals surface area contributed by atoms with E-state index < -0.39 is 0 Å². The van der Waals surface area contributed by atoms with Crippen LogP contribution in [0.15, 0.2) is 0 Å². The summed E-state index contributed by atoms with van der Waals surface area (Å²) < 4.78 is 0. The summed E-state index contributed by atoms with van der Waals surface area (Å²) in [4.78, 5) is 5.25. The van der Waals surface area contributed by atoms with Crippen LogP contribution >= 0.6 is 0 Å². The fraction of sp³-hybridized carbons (Fsp3) is 0.923. The van der Waals surface area contributed by atoms with Gasteiger partial charge in [0.2, 0.25) is 0 Å². The fourth-order valence-electron chi connectivity index (χ4n) is 3.17. The lowest BCUT2D eigenvalue weighted by molar-refractivity contribution is 0.109. The molecule has 1 saturated heterocycles. The second-order valence-corrected chi connectivity index (χ2v) is 6.25. The standard InChI is InChI=1S/C13H24N4/c14-12(15)9-13(3-4-13)10-16-5-7-17(8-6-16)11-1-2-11/h11H,1-10H2,(H3,14,15). The minimum absolute atomic E-state index is 0.374. The molecule has 0 aromatic carbocycles. The third kappa shape index (κ3) is 2.80. The number of piperazine rings is 1. The summed E-state index contributed by atoms with van der Waals surface area (Å²) in [5.74, 6) is 0.374. The quantitative estimate of drug-likeness (QED) is 0.550. The van der Waals surface area contributed by atoms with E-state index in [9.17, 15) is 0 Å². The molecule has 3 fully saturated rings. The molecule has 0 radical (unpaired) electrons. The summed E-state index contributed by atoms with van der Waals surface area (Å²) in [5.41, 5.74) is 5.93. The van der Waals surface area contributed by atoms with Crippen molar-refractivity contribution in [3.05, 3.63) is 0 Å². The van der Waals surface area contributed by atoms with Gasteiger partial charge in [-0.25, -0.2) is 0 Å². The average molecular weight is 236 g/mol. The van der Waals surface area contributed by atoms with E-state index in [1.807, 2.05) is 0 Å². The number of hydrogen-bond donors (Lipinski definition) is 2. The number of rotatable bonds is 5. The van der Waals surface area contributed by atoms with Gasteiger partial charge in [-0.05, 0) is 31.1 Å². The summed E-state index contributed by atoms with van der Waals surface area (Å²) >= 11 is 0. The zero-order chi connectivity index (χ0) is 11.9. The SMILES string of the molecule is N=C(N)CC1(CN2CCN(C3CC3)CC2)CC1. The minimum Gasteiger partial charge on any atom is -0.388 e. The summed E-state index contributed by atoms with van der Waals surface area (Å²) in [7, 11) is 0. The molecule has 0 atom stereocenters. The van der Waals surface area contributed by atoms with Gasteiger partial charge in [-0.3, -0.25) is 10.3 Å². The second kappa shape index (κ2) is 4.25. The molecule has 2 aliphatic carbocycles. The second-order valence-electron chi connectivity index (χ2n) is 6.25. The molecule has 0 amide bonds. The Balaban J connectivity index is 1.45. The van der Waals surface area contributed by atoms with Gasteiger partial charge in [-0.1, -0.05) is 0 Å². The molecule has 3 rings (SSSR count). The van der Waals surface area contributed by atoms with E-state index in [4.69, 9.17) is 11.1 Å². The number of nitrogens with one attached hydrogen (secondary N) is 1. The Kier molecular flexibility index (Phi) is 2.87. The van der Waals surface area contributed by atoms with Crippen molar-refractivity contribution in [1.82, 2.24) is 9.80 Å². The number of hydrogen-bond acceptors (Lipinski definition) is 3. The highest BCUT2D eigenvalue weighted by atomic mass is 15.3. The van der Waals surface area contributed by atoms with Crippen molar-refractivity contribution < 1.29 is 0 Å². The molecule has 0 bridgehead atoms. The number of nitrogens with two attached hydrogens (primary N) is 1. The highest BCUT2D eigenvalue weighted by Gasteiger charge is 2.44. The molecule has 17 heavy (non-hydrogen) atoms. The maximum Gasteiger partial charge on any atom is 0.0911 e. The Morgan fingerprint density at radius 1 is 1.18 bits per heavy atom. The van der Waals surface area contributed by atoms with Crippen LogP contribution in [0.5, 0.6) is 0 Å². The van der Waals surface area contributed by atoms with Gasteiger partial charge in [0.05, 0.1) is 5.84 Å². The van der Waals surface area contributed by atoms with E-state index in [1.165, 1.54) is 58.4 Å². The number of nitrogens with zero attached hydrogens (tertiary/aromatic N) is 2.